The van der Waals surface area contributed by atoms with Crippen LogP contribution in [0.4, 0.5) is 24.7 Å². The Bertz CT molecular complexity index is 764. The van der Waals surface area contributed by atoms with Crippen LogP contribution in [0.1, 0.15) is 36.3 Å². The standard InChI is InChI=1S/C17H18ClF3N4O/c1-10(2)5-6-22-15-9-23-14(8-24-15)16(26)25-11-3-4-13(18)12(7-11)17(19,20)21/h3-4,7-10H,5-6H2,1-2H3,(H,22,24)(H,25,26). The van der Waals surface area contributed by atoms with Crippen molar-refractivity contribution in [2.24, 2.45) is 5.92 Å². The van der Waals surface area contributed by atoms with E-state index in [1.54, 1.807) is 0 Å². The fourth-order valence-electron chi connectivity index (χ4n) is 2.04. The molecule has 0 aliphatic heterocycles. The van der Waals surface area contributed by atoms with E-state index in [0.717, 1.165) is 25.1 Å². The van der Waals surface area contributed by atoms with Crippen molar-refractivity contribution in [2.75, 3.05) is 17.2 Å². The van der Waals surface area contributed by atoms with Crippen LogP contribution < -0.4 is 10.6 Å². The highest BCUT2D eigenvalue weighted by molar-refractivity contribution is 6.31. The van der Waals surface area contributed by atoms with Gasteiger partial charge >= 0.3 is 6.18 Å². The van der Waals surface area contributed by atoms with Crippen LogP contribution in [-0.4, -0.2) is 22.4 Å². The third kappa shape index (κ3) is 5.59. The lowest BCUT2D eigenvalue weighted by Gasteiger charge is -2.12. The molecule has 0 aliphatic carbocycles. The van der Waals surface area contributed by atoms with Gasteiger partial charge in [0.15, 0.2) is 0 Å². The summed E-state index contributed by atoms with van der Waals surface area (Å²) in [6.45, 7) is 4.92. The molecular formula is C17H18ClF3N4O. The molecule has 1 amide bonds. The molecule has 0 spiro atoms. The molecular weight excluding hydrogens is 369 g/mol. The van der Waals surface area contributed by atoms with Gasteiger partial charge < -0.3 is 10.6 Å². The fourth-order valence-corrected chi connectivity index (χ4v) is 2.27. The number of carbonyl (C=O) groups is 1. The highest BCUT2D eigenvalue weighted by Gasteiger charge is 2.33. The summed E-state index contributed by atoms with van der Waals surface area (Å²) in [5, 5.41) is 4.99. The summed E-state index contributed by atoms with van der Waals surface area (Å²) in [5.74, 6) is 0.399. The van der Waals surface area contributed by atoms with Gasteiger partial charge in [0.05, 0.1) is 23.0 Å². The minimum absolute atomic E-state index is 0.0112. The number of anilines is 2. The zero-order chi connectivity index (χ0) is 19.3. The molecule has 0 atom stereocenters. The van der Waals surface area contributed by atoms with Crippen molar-refractivity contribution in [1.29, 1.82) is 0 Å². The van der Waals surface area contributed by atoms with E-state index in [2.05, 4.69) is 34.4 Å². The molecule has 2 N–H and O–H groups in total. The molecule has 140 valence electrons. The van der Waals surface area contributed by atoms with Crippen LogP contribution in [0.5, 0.6) is 0 Å². The third-order valence-corrected chi connectivity index (χ3v) is 3.77. The Balaban J connectivity index is 2.04. The van der Waals surface area contributed by atoms with Crippen molar-refractivity contribution in [2.45, 2.75) is 26.4 Å². The Labute approximate surface area is 154 Å². The summed E-state index contributed by atoms with van der Waals surface area (Å²) in [5.41, 5.74) is -1.07. The molecule has 1 aromatic heterocycles. The first-order valence-electron chi connectivity index (χ1n) is 7.91. The van der Waals surface area contributed by atoms with Gasteiger partial charge in [0.25, 0.3) is 5.91 Å². The average molecular weight is 387 g/mol. The summed E-state index contributed by atoms with van der Waals surface area (Å²) >= 11 is 5.55. The predicted octanol–water partition coefficient (Wildman–Crippen LogP) is 4.86. The highest BCUT2D eigenvalue weighted by Crippen LogP contribution is 2.36. The normalized spacial score (nSPS) is 11.5. The SMILES string of the molecule is CC(C)CCNc1cnc(C(=O)Nc2ccc(Cl)c(C(F)(F)F)c2)cn1. The first-order valence-corrected chi connectivity index (χ1v) is 8.28. The van der Waals surface area contributed by atoms with E-state index in [-0.39, 0.29) is 11.4 Å². The lowest BCUT2D eigenvalue weighted by molar-refractivity contribution is -0.137. The van der Waals surface area contributed by atoms with Gasteiger partial charge in [0, 0.05) is 12.2 Å². The number of alkyl halides is 3. The molecule has 0 fully saturated rings. The number of rotatable bonds is 6. The zero-order valence-corrected chi connectivity index (χ0v) is 14.9. The van der Waals surface area contributed by atoms with Crippen molar-refractivity contribution >= 4 is 29.0 Å². The van der Waals surface area contributed by atoms with Crippen molar-refractivity contribution in [3.8, 4) is 0 Å². The quantitative estimate of drug-likeness (QED) is 0.744. The molecule has 1 heterocycles. The van der Waals surface area contributed by atoms with Crippen molar-refractivity contribution in [1.82, 2.24) is 9.97 Å². The fraction of sp³-hybridized carbons (Fsp3) is 0.353. The second-order valence-corrected chi connectivity index (χ2v) is 6.45. The second kappa shape index (κ2) is 8.35. The number of nitrogens with zero attached hydrogens (tertiary/aromatic N) is 2. The van der Waals surface area contributed by atoms with E-state index in [9.17, 15) is 18.0 Å². The van der Waals surface area contributed by atoms with E-state index in [1.807, 2.05) is 0 Å². The Morgan fingerprint density at radius 3 is 2.54 bits per heavy atom. The van der Waals surface area contributed by atoms with E-state index in [4.69, 9.17) is 11.6 Å². The van der Waals surface area contributed by atoms with Crippen LogP contribution in [0.15, 0.2) is 30.6 Å². The van der Waals surface area contributed by atoms with Gasteiger partial charge in [-0.1, -0.05) is 25.4 Å². The van der Waals surface area contributed by atoms with Crippen LogP contribution in [0.25, 0.3) is 0 Å². The van der Waals surface area contributed by atoms with Gasteiger partial charge in [-0.2, -0.15) is 13.2 Å². The summed E-state index contributed by atoms with van der Waals surface area (Å²) < 4.78 is 38.6. The molecule has 0 aliphatic rings. The van der Waals surface area contributed by atoms with Crippen molar-refractivity contribution in [3.05, 3.63) is 46.9 Å². The number of aromatic nitrogens is 2. The van der Waals surface area contributed by atoms with E-state index >= 15 is 0 Å². The minimum Gasteiger partial charge on any atom is -0.369 e. The number of benzene rings is 1. The average Bonchev–Trinajstić information content (AvgIpc) is 2.56. The lowest BCUT2D eigenvalue weighted by Crippen LogP contribution is -2.16. The number of hydrogen-bond donors (Lipinski definition) is 2. The molecule has 1 aromatic carbocycles. The molecule has 9 heteroatoms. The van der Waals surface area contributed by atoms with Crippen LogP contribution in [0.2, 0.25) is 5.02 Å². The number of amides is 1. The minimum atomic E-state index is -4.61. The number of nitrogens with one attached hydrogen (secondary N) is 2. The summed E-state index contributed by atoms with van der Waals surface area (Å²) in [7, 11) is 0. The zero-order valence-electron chi connectivity index (χ0n) is 14.2. The second-order valence-electron chi connectivity index (χ2n) is 6.04. The Kier molecular flexibility index (Phi) is 6.42. The molecule has 2 aromatic rings. The molecule has 0 bridgehead atoms. The predicted molar refractivity (Wildman–Crippen MR) is 94.4 cm³/mol. The maximum Gasteiger partial charge on any atom is 0.417 e. The van der Waals surface area contributed by atoms with Crippen molar-refractivity contribution in [3.63, 3.8) is 0 Å². The Morgan fingerprint density at radius 2 is 1.96 bits per heavy atom. The van der Waals surface area contributed by atoms with Crippen LogP contribution in [0, 0.1) is 5.92 Å². The molecule has 0 saturated heterocycles. The molecule has 5 nitrogen and oxygen atoms in total. The van der Waals surface area contributed by atoms with E-state index < -0.39 is 22.7 Å². The van der Waals surface area contributed by atoms with Gasteiger partial charge in [0.2, 0.25) is 0 Å². The van der Waals surface area contributed by atoms with E-state index in [0.29, 0.717) is 11.7 Å². The lowest BCUT2D eigenvalue weighted by atomic mass is 10.1. The Morgan fingerprint density at radius 1 is 1.23 bits per heavy atom. The molecule has 0 unspecified atom stereocenters. The monoisotopic (exact) mass is 386 g/mol. The highest BCUT2D eigenvalue weighted by atomic mass is 35.5. The van der Waals surface area contributed by atoms with Gasteiger partial charge in [-0.3, -0.25) is 4.79 Å². The first-order chi connectivity index (χ1) is 12.2. The van der Waals surface area contributed by atoms with E-state index in [1.165, 1.54) is 18.5 Å². The first kappa shape index (κ1) is 20.0. The number of carbonyl (C=O) groups excluding carboxylic acids is 1. The van der Waals surface area contributed by atoms with Gasteiger partial charge in [-0.05, 0) is 30.5 Å². The van der Waals surface area contributed by atoms with Gasteiger partial charge in [0.1, 0.15) is 11.5 Å². The summed E-state index contributed by atoms with van der Waals surface area (Å²) in [6.07, 6.45) is -0.991. The molecule has 2 rings (SSSR count). The molecule has 0 radical (unpaired) electrons. The number of hydrogen-bond acceptors (Lipinski definition) is 4. The van der Waals surface area contributed by atoms with Crippen LogP contribution in [0.3, 0.4) is 0 Å². The third-order valence-electron chi connectivity index (χ3n) is 3.44. The topological polar surface area (TPSA) is 66.9 Å². The summed E-state index contributed by atoms with van der Waals surface area (Å²) in [4.78, 5) is 20.2. The maximum absolute atomic E-state index is 12.9. The van der Waals surface area contributed by atoms with Crippen molar-refractivity contribution < 1.29 is 18.0 Å². The molecule has 26 heavy (non-hydrogen) atoms. The van der Waals surface area contributed by atoms with Crippen LogP contribution in [-0.2, 0) is 6.18 Å². The largest absolute Gasteiger partial charge is 0.417 e. The maximum atomic E-state index is 12.9. The van der Waals surface area contributed by atoms with Gasteiger partial charge in [-0.15, -0.1) is 0 Å². The smallest absolute Gasteiger partial charge is 0.369 e. The van der Waals surface area contributed by atoms with Gasteiger partial charge in [-0.25, -0.2) is 9.97 Å². The van der Waals surface area contributed by atoms with Crippen LogP contribution >= 0.6 is 11.6 Å². The summed E-state index contributed by atoms with van der Waals surface area (Å²) in [6, 6.07) is 3.13. The molecule has 0 saturated carbocycles. The Hall–Kier alpha value is -2.35. The number of halogens is 4.